The van der Waals surface area contributed by atoms with Crippen LogP contribution in [0.3, 0.4) is 0 Å². The van der Waals surface area contributed by atoms with Gasteiger partial charge in [-0.15, -0.1) is 11.3 Å². The maximum Gasteiger partial charge on any atom is 0.339 e. The van der Waals surface area contributed by atoms with E-state index in [1.165, 1.54) is 40.2 Å². The molecule has 0 radical (unpaired) electrons. The highest BCUT2D eigenvalue weighted by molar-refractivity contribution is 7.22. The fraction of sp³-hybridized carbons (Fsp3) is 0.286. The SMILES string of the molecule is COc1ccc(C2C3=CCC4C(=O)N(c5ccc(C(=O)O)c(O)c5)C(=O)C4C3CC3C(=O)N(c4cc(-c5sc6ccc(Cl)cc6c5C)nn4C)C(=O)C32C)cc1O. The molecule has 6 unspecified atom stereocenters. The van der Waals surface area contributed by atoms with Gasteiger partial charge in [0.1, 0.15) is 22.8 Å². The molecule has 9 rings (SSSR count). The zero-order chi connectivity index (χ0) is 40.4. The lowest BCUT2D eigenvalue weighted by Gasteiger charge is -2.49. The second kappa shape index (κ2) is 12.8. The van der Waals surface area contributed by atoms with Crippen LogP contribution in [0.4, 0.5) is 11.5 Å². The molecule has 2 aliphatic heterocycles. The van der Waals surface area contributed by atoms with Gasteiger partial charge in [0.15, 0.2) is 11.5 Å². The molecule has 1 saturated carbocycles. The summed E-state index contributed by atoms with van der Waals surface area (Å²) in [5.74, 6) is -7.73. The number of fused-ring (bicyclic) bond motifs is 5. The van der Waals surface area contributed by atoms with Crippen molar-refractivity contribution in [2.45, 2.75) is 32.6 Å². The Labute approximate surface area is 334 Å². The smallest absolute Gasteiger partial charge is 0.339 e. The van der Waals surface area contributed by atoms with E-state index in [1.54, 1.807) is 32.2 Å². The van der Waals surface area contributed by atoms with E-state index in [9.17, 15) is 34.5 Å². The van der Waals surface area contributed by atoms with Gasteiger partial charge in [0.05, 0.1) is 40.8 Å². The molecule has 3 fully saturated rings. The van der Waals surface area contributed by atoms with Crippen molar-refractivity contribution in [3.8, 4) is 27.8 Å². The lowest BCUT2D eigenvalue weighted by molar-refractivity contribution is -0.131. The van der Waals surface area contributed by atoms with Gasteiger partial charge in [-0.1, -0.05) is 29.3 Å². The number of aryl methyl sites for hydroxylation is 2. The van der Waals surface area contributed by atoms with Crippen LogP contribution in [-0.4, -0.2) is 61.8 Å². The predicted octanol–water partition coefficient (Wildman–Crippen LogP) is 6.82. The standard InChI is InChI=1S/C42H35ClN4O9S/c1-18-25-14-20(43)6-12-32(25)57-36(18)28-17-33(45(3)44-28)47-38(51)27-16-26-22(35(42(27,2)41(47)55)19-5-11-31(56-4)30(49)13-19)9-10-24-34(26)39(52)46(37(24)50)21-7-8-23(40(53)54)29(48)15-21/h5-9,11-15,17,24,26-27,34-35,48-49H,10,16H2,1-4H3,(H,53,54). The molecular weight excluding hydrogens is 772 g/mol. The number of rotatable bonds is 6. The highest BCUT2D eigenvalue weighted by Gasteiger charge is 2.68. The summed E-state index contributed by atoms with van der Waals surface area (Å²) < 4.78 is 7.85. The predicted molar refractivity (Wildman–Crippen MR) is 211 cm³/mol. The second-order valence-electron chi connectivity index (χ2n) is 15.3. The Hall–Kier alpha value is -5.99. The number of benzene rings is 3. The number of methoxy groups -OCH3 is 1. The van der Waals surface area contributed by atoms with Gasteiger partial charge in [-0.25, -0.2) is 14.6 Å². The third-order valence-corrected chi connectivity index (χ3v) is 14.0. The van der Waals surface area contributed by atoms with Crippen LogP contribution >= 0.6 is 22.9 Å². The molecule has 57 heavy (non-hydrogen) atoms. The number of hydrogen-bond donors (Lipinski definition) is 3. The monoisotopic (exact) mass is 806 g/mol. The lowest BCUT2D eigenvalue weighted by atomic mass is 9.51. The van der Waals surface area contributed by atoms with Gasteiger partial charge >= 0.3 is 5.97 Å². The Bertz CT molecular complexity index is 2680. The van der Waals surface area contributed by atoms with Crippen molar-refractivity contribution in [2.75, 3.05) is 16.9 Å². The number of carbonyl (C=O) groups excluding carboxylic acids is 4. The topological polar surface area (TPSA) is 180 Å². The third kappa shape index (κ3) is 5.12. The molecule has 3 aromatic carbocycles. The van der Waals surface area contributed by atoms with Gasteiger partial charge in [-0.2, -0.15) is 5.10 Å². The van der Waals surface area contributed by atoms with Gasteiger partial charge < -0.3 is 20.1 Å². The largest absolute Gasteiger partial charge is 0.507 e. The molecule has 6 atom stereocenters. The number of aromatic carboxylic acids is 1. The first-order chi connectivity index (χ1) is 27.1. The quantitative estimate of drug-likeness (QED) is 0.122. The first-order valence-electron chi connectivity index (χ1n) is 18.3. The van der Waals surface area contributed by atoms with Crippen molar-refractivity contribution in [2.24, 2.45) is 36.1 Å². The van der Waals surface area contributed by atoms with E-state index >= 15 is 4.79 Å². The minimum Gasteiger partial charge on any atom is -0.507 e. The summed E-state index contributed by atoms with van der Waals surface area (Å²) in [5, 5.41) is 37.2. The number of carbonyl (C=O) groups is 5. The number of nitrogens with zero attached hydrogens (tertiary/aromatic N) is 4. The lowest BCUT2D eigenvalue weighted by Crippen LogP contribution is -2.48. The van der Waals surface area contributed by atoms with Crippen LogP contribution in [-0.2, 0) is 26.2 Å². The number of aromatic hydroxyl groups is 2. The van der Waals surface area contributed by atoms with E-state index in [0.29, 0.717) is 21.9 Å². The number of carboxylic acid groups (broad SMARTS) is 1. The first-order valence-corrected chi connectivity index (χ1v) is 19.5. The van der Waals surface area contributed by atoms with Crippen molar-refractivity contribution < 1.29 is 44.0 Å². The number of halogens is 1. The van der Waals surface area contributed by atoms with Crippen LogP contribution in [0.2, 0.25) is 5.02 Å². The summed E-state index contributed by atoms with van der Waals surface area (Å²) in [7, 11) is 3.10. The maximum atomic E-state index is 15.1. The number of anilines is 2. The van der Waals surface area contributed by atoms with Crippen LogP contribution in [0.5, 0.6) is 17.2 Å². The summed E-state index contributed by atoms with van der Waals surface area (Å²) in [4.78, 5) is 73.1. The number of hydrogen-bond acceptors (Lipinski definition) is 10. The number of phenolic OH excluding ortho intramolecular Hbond substituents is 1. The number of carboxylic acids is 1. The van der Waals surface area contributed by atoms with E-state index in [0.717, 1.165) is 37.6 Å². The summed E-state index contributed by atoms with van der Waals surface area (Å²) >= 11 is 7.84. The van der Waals surface area contributed by atoms with Crippen LogP contribution in [0.1, 0.15) is 47.2 Å². The molecule has 4 aliphatic rings. The van der Waals surface area contributed by atoms with Crippen LogP contribution in [0.25, 0.3) is 20.7 Å². The van der Waals surface area contributed by atoms with Gasteiger partial charge in [-0.3, -0.25) is 23.9 Å². The molecule has 2 aliphatic carbocycles. The second-order valence-corrected chi connectivity index (χ2v) is 16.8. The van der Waals surface area contributed by atoms with Gasteiger partial charge in [0, 0.05) is 34.8 Å². The Morgan fingerprint density at radius 3 is 2.42 bits per heavy atom. The summed E-state index contributed by atoms with van der Waals surface area (Å²) in [6, 6.07) is 15.8. The zero-order valence-electron chi connectivity index (χ0n) is 31.0. The van der Waals surface area contributed by atoms with Crippen LogP contribution in [0, 0.1) is 36.0 Å². The number of allylic oxidation sites excluding steroid dienone is 2. The molecule has 3 N–H and O–H groups in total. The van der Waals surface area contributed by atoms with E-state index in [4.69, 9.17) is 21.4 Å². The Morgan fingerprint density at radius 2 is 1.72 bits per heavy atom. The van der Waals surface area contributed by atoms with Crippen molar-refractivity contribution in [3.63, 3.8) is 0 Å². The van der Waals surface area contributed by atoms with Gasteiger partial charge in [0.25, 0.3) is 0 Å². The first kappa shape index (κ1) is 36.6. The molecule has 5 aromatic rings. The number of imide groups is 2. The van der Waals surface area contributed by atoms with E-state index in [-0.39, 0.29) is 41.4 Å². The molecule has 15 heteroatoms. The Morgan fingerprint density at radius 1 is 0.947 bits per heavy atom. The average Bonchev–Trinajstić information content (AvgIpc) is 3.84. The molecule has 2 aromatic heterocycles. The highest BCUT2D eigenvalue weighted by Crippen LogP contribution is 2.64. The minimum atomic E-state index is -1.38. The third-order valence-electron chi connectivity index (χ3n) is 12.5. The number of phenols is 2. The molecule has 290 valence electrons. The van der Waals surface area contributed by atoms with E-state index < -0.39 is 70.4 Å². The summed E-state index contributed by atoms with van der Waals surface area (Å²) in [6.45, 7) is 3.73. The molecule has 4 heterocycles. The summed E-state index contributed by atoms with van der Waals surface area (Å²) in [5.41, 5.74) is 1.05. The minimum absolute atomic E-state index is 0.0306. The molecule has 13 nitrogen and oxygen atoms in total. The van der Waals surface area contributed by atoms with Crippen molar-refractivity contribution in [1.29, 1.82) is 0 Å². The van der Waals surface area contributed by atoms with Crippen molar-refractivity contribution >= 4 is 74.1 Å². The van der Waals surface area contributed by atoms with Gasteiger partial charge in [0.2, 0.25) is 23.6 Å². The number of ether oxygens (including phenoxy) is 1. The van der Waals surface area contributed by atoms with E-state index in [2.05, 4.69) is 0 Å². The number of thiophene rings is 1. The maximum absolute atomic E-state index is 15.1. The van der Waals surface area contributed by atoms with Crippen molar-refractivity contribution in [3.05, 3.63) is 94.0 Å². The van der Waals surface area contributed by atoms with Crippen molar-refractivity contribution in [1.82, 2.24) is 9.78 Å². The van der Waals surface area contributed by atoms with Crippen LogP contribution < -0.4 is 14.5 Å². The number of aromatic nitrogens is 2. The molecular formula is C42H35ClN4O9S. The molecule has 2 saturated heterocycles. The number of amides is 4. The van der Waals surface area contributed by atoms with Gasteiger partial charge in [-0.05, 0) is 91.6 Å². The average molecular weight is 807 g/mol. The molecule has 0 bridgehead atoms. The Kier molecular flexibility index (Phi) is 8.20. The Balaban J connectivity index is 1.14. The van der Waals surface area contributed by atoms with E-state index in [1.807, 2.05) is 31.2 Å². The normalized spacial score (nSPS) is 25.5. The fourth-order valence-electron chi connectivity index (χ4n) is 9.81. The highest BCUT2D eigenvalue weighted by atomic mass is 35.5. The molecule has 4 amide bonds. The fourth-order valence-corrected chi connectivity index (χ4v) is 11.1. The van der Waals surface area contributed by atoms with Crippen LogP contribution in [0.15, 0.2) is 72.3 Å². The zero-order valence-corrected chi connectivity index (χ0v) is 32.6. The summed E-state index contributed by atoms with van der Waals surface area (Å²) in [6.07, 6.45) is 2.13. The molecule has 0 spiro atoms.